The van der Waals surface area contributed by atoms with E-state index in [4.69, 9.17) is 0 Å². The molecule has 0 radical (unpaired) electrons. The number of alkyl halides is 3. The van der Waals surface area contributed by atoms with Gasteiger partial charge in [0.1, 0.15) is 11.4 Å². The summed E-state index contributed by atoms with van der Waals surface area (Å²) in [5, 5.41) is 11.1. The Hall–Kier alpha value is -2.50. The van der Waals surface area contributed by atoms with E-state index >= 15 is 0 Å². The van der Waals surface area contributed by atoms with Crippen LogP contribution in [0.5, 0.6) is 0 Å². The minimum atomic E-state index is -4.93. The van der Waals surface area contributed by atoms with Crippen LogP contribution in [0.25, 0.3) is 16.6 Å². The summed E-state index contributed by atoms with van der Waals surface area (Å²) in [6.07, 6.45) is -4.93. The zero-order valence-corrected chi connectivity index (χ0v) is 15.2. The van der Waals surface area contributed by atoms with Crippen molar-refractivity contribution >= 4 is 39.2 Å². The highest BCUT2D eigenvalue weighted by Crippen LogP contribution is 2.37. The molecule has 0 saturated carbocycles. The van der Waals surface area contributed by atoms with E-state index in [9.17, 15) is 28.1 Å². The molecule has 26 heavy (non-hydrogen) atoms. The van der Waals surface area contributed by atoms with E-state index in [1.54, 1.807) is 18.2 Å². The second kappa shape index (κ2) is 6.34. The molecule has 0 bridgehead atoms. The molecule has 0 N–H and O–H groups in total. The lowest BCUT2D eigenvalue weighted by Gasteiger charge is -2.14. The molecule has 0 fully saturated rings. The van der Waals surface area contributed by atoms with Gasteiger partial charge < -0.3 is 0 Å². The second-order valence-corrected chi connectivity index (χ2v) is 6.66. The molecule has 0 spiro atoms. The molecule has 10 heteroatoms. The lowest BCUT2D eigenvalue weighted by atomic mass is 10.1. The number of aryl methyl sites for hydroxylation is 1. The first-order valence-corrected chi connectivity index (χ1v) is 8.22. The highest BCUT2D eigenvalue weighted by molar-refractivity contribution is 14.1. The van der Waals surface area contributed by atoms with Crippen LogP contribution in [-0.2, 0) is 6.18 Å². The van der Waals surface area contributed by atoms with Crippen molar-refractivity contribution < 1.29 is 18.1 Å². The Morgan fingerprint density at radius 1 is 1.19 bits per heavy atom. The quantitative estimate of drug-likeness (QED) is 0.316. The molecular weight excluding hydrogens is 466 g/mol. The number of hydrogen-bond donors (Lipinski definition) is 0. The molecular formula is C16H9F3IN3O3. The van der Waals surface area contributed by atoms with Gasteiger partial charge in [0.15, 0.2) is 0 Å². The van der Waals surface area contributed by atoms with Crippen molar-refractivity contribution in [2.24, 2.45) is 0 Å². The van der Waals surface area contributed by atoms with E-state index < -0.39 is 27.9 Å². The monoisotopic (exact) mass is 475 g/mol. The van der Waals surface area contributed by atoms with Gasteiger partial charge in [0.2, 0.25) is 0 Å². The first kappa shape index (κ1) is 18.3. The van der Waals surface area contributed by atoms with Crippen LogP contribution in [0.1, 0.15) is 11.4 Å². The summed E-state index contributed by atoms with van der Waals surface area (Å²) in [7, 11) is 0. The number of nitrogens with zero attached hydrogens (tertiary/aromatic N) is 3. The first-order chi connectivity index (χ1) is 12.1. The Kier molecular flexibility index (Phi) is 4.46. The standard InChI is InChI=1S/C16H9F3IN3O3/c1-8-21-13-4-2-9(20)6-11(13)15(24)22(8)10-3-5-14(23(25)26)12(7-10)16(17,18)19/h2-7H,1H3. The number of hydrogen-bond acceptors (Lipinski definition) is 4. The maximum atomic E-state index is 13.2. The molecule has 0 unspecified atom stereocenters. The van der Waals surface area contributed by atoms with Gasteiger partial charge in [-0.25, -0.2) is 4.98 Å². The average molecular weight is 475 g/mol. The maximum Gasteiger partial charge on any atom is 0.423 e. The van der Waals surface area contributed by atoms with Gasteiger partial charge in [0.25, 0.3) is 11.2 Å². The van der Waals surface area contributed by atoms with Crippen LogP contribution < -0.4 is 5.56 Å². The van der Waals surface area contributed by atoms with E-state index in [1.807, 2.05) is 22.6 Å². The van der Waals surface area contributed by atoms with Crippen molar-refractivity contribution in [2.45, 2.75) is 13.1 Å². The Bertz CT molecular complexity index is 1110. The molecule has 0 atom stereocenters. The summed E-state index contributed by atoms with van der Waals surface area (Å²) in [4.78, 5) is 26.8. The average Bonchev–Trinajstić information content (AvgIpc) is 2.54. The summed E-state index contributed by atoms with van der Waals surface area (Å²) in [6, 6.07) is 7.41. The van der Waals surface area contributed by atoms with Crippen LogP contribution in [0.4, 0.5) is 18.9 Å². The van der Waals surface area contributed by atoms with Crippen molar-refractivity contribution in [3.8, 4) is 5.69 Å². The van der Waals surface area contributed by atoms with Gasteiger partial charge in [0.05, 0.1) is 21.5 Å². The summed E-state index contributed by atoms with van der Waals surface area (Å²) >= 11 is 2.01. The van der Waals surface area contributed by atoms with Gasteiger partial charge in [-0.3, -0.25) is 19.5 Å². The molecule has 0 aliphatic heterocycles. The maximum absolute atomic E-state index is 13.2. The lowest BCUT2D eigenvalue weighted by molar-refractivity contribution is -0.388. The Balaban J connectivity index is 2.34. The van der Waals surface area contributed by atoms with E-state index in [2.05, 4.69) is 4.98 Å². The number of fused-ring (bicyclic) bond motifs is 1. The molecule has 3 rings (SSSR count). The zero-order valence-electron chi connectivity index (χ0n) is 13.0. The van der Waals surface area contributed by atoms with Crippen LogP contribution in [0, 0.1) is 20.6 Å². The second-order valence-electron chi connectivity index (χ2n) is 5.42. The van der Waals surface area contributed by atoms with Crippen LogP contribution in [0.3, 0.4) is 0 Å². The predicted octanol–water partition coefficient (Wildman–Crippen LogP) is 4.23. The molecule has 6 nitrogen and oxygen atoms in total. The number of halogens is 4. The van der Waals surface area contributed by atoms with Gasteiger partial charge in [-0.05, 0) is 59.8 Å². The predicted molar refractivity (Wildman–Crippen MR) is 96.5 cm³/mol. The number of benzene rings is 2. The number of rotatable bonds is 2. The molecule has 134 valence electrons. The molecule has 1 heterocycles. The third-order valence-electron chi connectivity index (χ3n) is 3.74. The number of nitro benzene ring substituents is 1. The van der Waals surface area contributed by atoms with E-state index in [1.165, 1.54) is 6.92 Å². The van der Waals surface area contributed by atoms with Crippen LogP contribution in [-0.4, -0.2) is 14.5 Å². The lowest BCUT2D eigenvalue weighted by Crippen LogP contribution is -2.23. The fourth-order valence-electron chi connectivity index (χ4n) is 2.62. The van der Waals surface area contributed by atoms with Gasteiger partial charge >= 0.3 is 6.18 Å². The highest BCUT2D eigenvalue weighted by atomic mass is 127. The van der Waals surface area contributed by atoms with E-state index in [-0.39, 0.29) is 16.9 Å². The van der Waals surface area contributed by atoms with Crippen molar-refractivity contribution in [3.63, 3.8) is 0 Å². The van der Waals surface area contributed by atoms with Gasteiger partial charge in [-0.1, -0.05) is 0 Å². The topological polar surface area (TPSA) is 78.0 Å². The van der Waals surface area contributed by atoms with Gasteiger partial charge in [0, 0.05) is 9.64 Å². The summed E-state index contributed by atoms with van der Waals surface area (Å²) < 4.78 is 41.4. The fourth-order valence-corrected chi connectivity index (χ4v) is 3.11. The molecule has 0 aliphatic rings. The van der Waals surface area contributed by atoms with Gasteiger partial charge in [-0.2, -0.15) is 13.2 Å². The van der Waals surface area contributed by atoms with Crippen LogP contribution >= 0.6 is 22.6 Å². The smallest absolute Gasteiger partial charge is 0.268 e. The third kappa shape index (κ3) is 3.16. The Morgan fingerprint density at radius 3 is 2.50 bits per heavy atom. The van der Waals surface area contributed by atoms with Crippen molar-refractivity contribution in [1.82, 2.24) is 9.55 Å². The summed E-state index contributed by atoms with van der Waals surface area (Å²) in [5.74, 6) is 0.172. The minimum Gasteiger partial charge on any atom is -0.268 e. The zero-order chi connectivity index (χ0) is 19.2. The molecule has 0 saturated heterocycles. The third-order valence-corrected chi connectivity index (χ3v) is 4.41. The number of nitro groups is 1. The largest absolute Gasteiger partial charge is 0.423 e. The van der Waals surface area contributed by atoms with Crippen molar-refractivity contribution in [3.05, 3.63) is 71.8 Å². The fraction of sp³-hybridized carbons (Fsp3) is 0.125. The summed E-state index contributed by atoms with van der Waals surface area (Å²) in [5.41, 5.74) is -2.77. The minimum absolute atomic E-state index is 0.140. The number of aromatic nitrogens is 2. The molecule has 1 aromatic heterocycles. The van der Waals surface area contributed by atoms with Crippen LogP contribution in [0.15, 0.2) is 41.2 Å². The first-order valence-electron chi connectivity index (χ1n) is 7.14. The Labute approximate surface area is 157 Å². The molecule has 0 amide bonds. The molecule has 2 aromatic carbocycles. The van der Waals surface area contributed by atoms with E-state index in [0.717, 1.165) is 20.3 Å². The van der Waals surface area contributed by atoms with Crippen molar-refractivity contribution in [1.29, 1.82) is 0 Å². The van der Waals surface area contributed by atoms with Crippen molar-refractivity contribution in [2.75, 3.05) is 0 Å². The SMILES string of the molecule is Cc1nc2ccc(I)cc2c(=O)n1-c1ccc([N+](=O)[O-])c(C(F)(F)F)c1. The van der Waals surface area contributed by atoms with Crippen LogP contribution in [0.2, 0.25) is 0 Å². The highest BCUT2D eigenvalue weighted by Gasteiger charge is 2.38. The molecule has 0 aliphatic carbocycles. The summed E-state index contributed by atoms with van der Waals surface area (Å²) in [6.45, 7) is 1.48. The molecule has 3 aromatic rings. The normalized spacial score (nSPS) is 11.7. The van der Waals surface area contributed by atoms with Gasteiger partial charge in [-0.15, -0.1) is 0 Å². The Morgan fingerprint density at radius 2 is 1.88 bits per heavy atom. The van der Waals surface area contributed by atoms with E-state index in [0.29, 0.717) is 11.6 Å².